The standard InChI is InChI=1S/C19H28FN7O/c1-10-7-13(9-24-12(10)3)25-18-14(17(23)28)8-15(20)19(27-18)26-16(11(2)22)5-4-6-21/h7-9,11,16H,4-6,21-22H2,1-3H3,(H2,23,28)(H2,25,26,27)/t11-,16+/m0/s1. The lowest BCUT2D eigenvalue weighted by Crippen LogP contribution is -2.38. The Hall–Kier alpha value is -2.78. The van der Waals surface area contributed by atoms with Gasteiger partial charge in [-0.15, -0.1) is 0 Å². The van der Waals surface area contributed by atoms with Crippen molar-refractivity contribution in [1.29, 1.82) is 0 Å². The van der Waals surface area contributed by atoms with E-state index < -0.39 is 11.7 Å². The number of nitrogens with one attached hydrogen (secondary N) is 2. The number of hydrogen-bond acceptors (Lipinski definition) is 7. The normalized spacial score (nSPS) is 13.1. The topological polar surface area (TPSA) is 145 Å². The fourth-order valence-corrected chi connectivity index (χ4v) is 2.70. The molecule has 0 aliphatic rings. The first-order chi connectivity index (χ1) is 13.2. The quantitative estimate of drug-likeness (QED) is 0.440. The van der Waals surface area contributed by atoms with E-state index in [1.807, 2.05) is 26.8 Å². The van der Waals surface area contributed by atoms with Crippen LogP contribution >= 0.6 is 0 Å². The third-order valence-electron chi connectivity index (χ3n) is 4.52. The molecule has 0 radical (unpaired) electrons. The van der Waals surface area contributed by atoms with Gasteiger partial charge in [-0.1, -0.05) is 0 Å². The fourth-order valence-electron chi connectivity index (χ4n) is 2.70. The Labute approximate surface area is 164 Å². The summed E-state index contributed by atoms with van der Waals surface area (Å²) in [6.07, 6.45) is 3.01. The van der Waals surface area contributed by atoms with Gasteiger partial charge >= 0.3 is 0 Å². The second kappa shape index (κ2) is 9.43. The van der Waals surface area contributed by atoms with Gasteiger partial charge in [-0.25, -0.2) is 9.37 Å². The van der Waals surface area contributed by atoms with Crippen LogP contribution in [0.2, 0.25) is 0 Å². The SMILES string of the molecule is Cc1cc(Nc2nc(N[C@H](CCCN)[C@H](C)N)c(F)cc2C(N)=O)cnc1C. The highest BCUT2D eigenvalue weighted by molar-refractivity contribution is 5.98. The maximum atomic E-state index is 14.6. The molecule has 28 heavy (non-hydrogen) atoms. The molecule has 0 bridgehead atoms. The summed E-state index contributed by atoms with van der Waals surface area (Å²) < 4.78 is 14.6. The second-order valence-corrected chi connectivity index (χ2v) is 6.87. The van der Waals surface area contributed by atoms with Crippen LogP contribution in [0, 0.1) is 19.7 Å². The number of pyridine rings is 2. The van der Waals surface area contributed by atoms with Crippen molar-refractivity contribution in [2.75, 3.05) is 17.2 Å². The Bertz CT molecular complexity index is 841. The van der Waals surface area contributed by atoms with Crippen LogP contribution in [0.5, 0.6) is 0 Å². The molecule has 2 rings (SSSR count). The highest BCUT2D eigenvalue weighted by Crippen LogP contribution is 2.25. The van der Waals surface area contributed by atoms with E-state index in [0.29, 0.717) is 18.7 Å². The predicted octanol–water partition coefficient (Wildman–Crippen LogP) is 1.94. The predicted molar refractivity (Wildman–Crippen MR) is 109 cm³/mol. The lowest BCUT2D eigenvalue weighted by atomic mass is 10.0. The van der Waals surface area contributed by atoms with Gasteiger partial charge in [0, 0.05) is 17.8 Å². The number of nitrogens with two attached hydrogens (primary N) is 3. The van der Waals surface area contributed by atoms with E-state index in [1.54, 1.807) is 6.20 Å². The molecule has 8 nitrogen and oxygen atoms in total. The van der Waals surface area contributed by atoms with Gasteiger partial charge in [-0.05, 0) is 57.9 Å². The summed E-state index contributed by atoms with van der Waals surface area (Å²) in [4.78, 5) is 20.3. The number of amides is 1. The van der Waals surface area contributed by atoms with Crippen LogP contribution in [-0.4, -0.2) is 34.5 Å². The molecule has 0 saturated carbocycles. The molecule has 2 atom stereocenters. The third-order valence-corrected chi connectivity index (χ3v) is 4.52. The van der Waals surface area contributed by atoms with Gasteiger partial charge in [-0.3, -0.25) is 9.78 Å². The van der Waals surface area contributed by atoms with Gasteiger partial charge in [0.05, 0.1) is 17.4 Å². The number of anilines is 3. The molecule has 9 heteroatoms. The van der Waals surface area contributed by atoms with E-state index >= 15 is 0 Å². The van der Waals surface area contributed by atoms with Crippen molar-refractivity contribution < 1.29 is 9.18 Å². The maximum absolute atomic E-state index is 14.6. The zero-order valence-electron chi connectivity index (χ0n) is 16.4. The van der Waals surface area contributed by atoms with E-state index in [0.717, 1.165) is 23.7 Å². The number of primary amides is 1. The smallest absolute Gasteiger partial charge is 0.252 e. The maximum Gasteiger partial charge on any atom is 0.252 e. The molecule has 2 aromatic rings. The van der Waals surface area contributed by atoms with E-state index in [4.69, 9.17) is 17.2 Å². The van der Waals surface area contributed by atoms with Crippen LogP contribution in [0.4, 0.5) is 21.7 Å². The highest BCUT2D eigenvalue weighted by Gasteiger charge is 2.20. The third kappa shape index (κ3) is 5.37. The van der Waals surface area contributed by atoms with Gasteiger partial charge in [-0.2, -0.15) is 0 Å². The molecule has 0 aliphatic carbocycles. The number of halogens is 1. The Morgan fingerprint density at radius 1 is 1.29 bits per heavy atom. The summed E-state index contributed by atoms with van der Waals surface area (Å²) in [5.74, 6) is -1.34. The van der Waals surface area contributed by atoms with Crippen LogP contribution in [0.25, 0.3) is 0 Å². The van der Waals surface area contributed by atoms with Crippen LogP contribution < -0.4 is 27.8 Å². The van der Waals surface area contributed by atoms with E-state index in [2.05, 4.69) is 20.6 Å². The lowest BCUT2D eigenvalue weighted by Gasteiger charge is -2.23. The fraction of sp³-hybridized carbons (Fsp3) is 0.421. The second-order valence-electron chi connectivity index (χ2n) is 6.87. The van der Waals surface area contributed by atoms with Crippen LogP contribution in [-0.2, 0) is 0 Å². The van der Waals surface area contributed by atoms with Crippen LogP contribution in [0.3, 0.4) is 0 Å². The molecule has 2 heterocycles. The van der Waals surface area contributed by atoms with Gasteiger partial charge < -0.3 is 27.8 Å². The molecule has 0 aliphatic heterocycles. The largest absolute Gasteiger partial charge is 0.365 e. The van der Waals surface area contributed by atoms with Crippen molar-refractivity contribution in [2.45, 2.75) is 45.7 Å². The monoisotopic (exact) mass is 389 g/mol. The van der Waals surface area contributed by atoms with Gasteiger partial charge in [0.15, 0.2) is 11.6 Å². The van der Waals surface area contributed by atoms with Crippen LogP contribution in [0.1, 0.15) is 41.4 Å². The van der Waals surface area contributed by atoms with E-state index in [-0.39, 0.29) is 29.3 Å². The van der Waals surface area contributed by atoms with E-state index in [9.17, 15) is 9.18 Å². The molecular formula is C19H28FN7O. The van der Waals surface area contributed by atoms with Crippen molar-refractivity contribution in [2.24, 2.45) is 17.2 Å². The minimum absolute atomic E-state index is 0.0105. The minimum Gasteiger partial charge on any atom is -0.365 e. The molecule has 0 aromatic carbocycles. The Morgan fingerprint density at radius 3 is 2.57 bits per heavy atom. The zero-order chi connectivity index (χ0) is 20.8. The molecule has 2 aromatic heterocycles. The number of carbonyl (C=O) groups excluding carboxylic acids is 1. The summed E-state index contributed by atoms with van der Waals surface area (Å²) in [5.41, 5.74) is 19.4. The molecule has 152 valence electrons. The summed E-state index contributed by atoms with van der Waals surface area (Å²) in [6.45, 7) is 6.14. The van der Waals surface area contributed by atoms with Crippen molar-refractivity contribution in [3.8, 4) is 0 Å². The zero-order valence-corrected chi connectivity index (χ0v) is 16.4. The van der Waals surface area contributed by atoms with Gasteiger partial charge in [0.2, 0.25) is 0 Å². The molecule has 8 N–H and O–H groups in total. The Kier molecular flexibility index (Phi) is 7.24. The lowest BCUT2D eigenvalue weighted by molar-refractivity contribution is 0.100. The highest BCUT2D eigenvalue weighted by atomic mass is 19.1. The van der Waals surface area contributed by atoms with E-state index in [1.165, 1.54) is 0 Å². The molecule has 0 saturated heterocycles. The first-order valence-electron chi connectivity index (χ1n) is 9.15. The number of aryl methyl sites for hydroxylation is 2. The Morgan fingerprint density at radius 2 is 2.00 bits per heavy atom. The van der Waals surface area contributed by atoms with Crippen molar-refractivity contribution in [3.63, 3.8) is 0 Å². The Balaban J connectivity index is 2.38. The molecule has 1 amide bonds. The van der Waals surface area contributed by atoms with Crippen molar-refractivity contribution in [1.82, 2.24) is 9.97 Å². The first kappa shape index (κ1) is 21.5. The summed E-state index contributed by atoms with van der Waals surface area (Å²) in [6, 6.07) is 2.46. The van der Waals surface area contributed by atoms with Crippen molar-refractivity contribution in [3.05, 3.63) is 41.0 Å². The average Bonchev–Trinajstić information content (AvgIpc) is 2.63. The molecule has 0 unspecified atom stereocenters. The van der Waals surface area contributed by atoms with Crippen LogP contribution in [0.15, 0.2) is 18.3 Å². The molecular weight excluding hydrogens is 361 g/mol. The van der Waals surface area contributed by atoms with Crippen molar-refractivity contribution >= 4 is 23.2 Å². The van der Waals surface area contributed by atoms with Gasteiger partial charge in [0.1, 0.15) is 5.82 Å². The summed E-state index contributed by atoms with van der Waals surface area (Å²) in [5, 5.41) is 6.02. The number of nitrogens with zero attached hydrogens (tertiary/aromatic N) is 2. The average molecular weight is 389 g/mol. The summed E-state index contributed by atoms with van der Waals surface area (Å²) in [7, 11) is 0. The molecule has 0 spiro atoms. The minimum atomic E-state index is -0.788. The number of hydrogen-bond donors (Lipinski definition) is 5. The molecule has 0 fully saturated rings. The number of rotatable bonds is 9. The van der Waals surface area contributed by atoms with Gasteiger partial charge in [0.25, 0.3) is 5.91 Å². The number of aromatic nitrogens is 2. The number of carbonyl (C=O) groups is 1. The first-order valence-corrected chi connectivity index (χ1v) is 9.15. The summed E-state index contributed by atoms with van der Waals surface area (Å²) >= 11 is 0.